The second kappa shape index (κ2) is 11.9. The third kappa shape index (κ3) is 6.39. The first kappa shape index (κ1) is 26.9. The summed E-state index contributed by atoms with van der Waals surface area (Å²) in [5.41, 5.74) is 7.04. The van der Waals surface area contributed by atoms with E-state index in [1.807, 2.05) is 47.0 Å². The van der Waals surface area contributed by atoms with Crippen LogP contribution in [0.2, 0.25) is 0 Å². The van der Waals surface area contributed by atoms with Crippen LogP contribution in [0.4, 0.5) is 0 Å². The lowest BCUT2D eigenvalue weighted by Gasteiger charge is -2.18. The summed E-state index contributed by atoms with van der Waals surface area (Å²) in [6, 6.07) is 23.7. The molecule has 3 aromatic carbocycles. The van der Waals surface area contributed by atoms with Gasteiger partial charge in [-0.05, 0) is 65.1 Å². The van der Waals surface area contributed by atoms with Crippen LogP contribution in [0.3, 0.4) is 0 Å². The number of para-hydroxylation sites is 2. The highest BCUT2D eigenvalue weighted by Crippen LogP contribution is 2.26. The van der Waals surface area contributed by atoms with Gasteiger partial charge in [0.2, 0.25) is 0 Å². The summed E-state index contributed by atoms with van der Waals surface area (Å²) in [5.74, 6) is 0.780. The van der Waals surface area contributed by atoms with Crippen LogP contribution in [0, 0.1) is 0 Å². The molecule has 0 aliphatic heterocycles. The highest BCUT2D eigenvalue weighted by atomic mass is 32.2. The first-order valence-electron chi connectivity index (χ1n) is 12.3. The van der Waals surface area contributed by atoms with E-state index in [9.17, 15) is 9.90 Å². The SMILES string of the molecule is C=CCc1cccc(/C=N/NC(=O)CSc2n[nH]c(-c3ccc(C(C)(C)C)cc3)[n+]2-c2ccccc2)c1O. The molecule has 8 heteroatoms. The standard InChI is InChI=1S/C30H31N5O2S/c1-5-10-21-11-9-12-23(27(21)37)19-31-32-26(36)20-38-29-34-33-28(35(29)25-13-7-6-8-14-25)22-15-17-24(18-16-22)30(2,3)4/h5-9,11-19H,1,10,20H2,2-4H3,(H2,31,32,36,37)/p+1. The molecule has 194 valence electrons. The number of nitrogens with zero attached hydrogens (tertiary/aromatic N) is 3. The number of phenols is 1. The number of carbonyl (C=O) groups is 1. The van der Waals surface area contributed by atoms with E-state index in [4.69, 9.17) is 0 Å². The Labute approximate surface area is 227 Å². The molecule has 1 heterocycles. The van der Waals surface area contributed by atoms with Crippen LogP contribution in [-0.2, 0) is 16.6 Å². The van der Waals surface area contributed by atoms with Crippen LogP contribution in [0.25, 0.3) is 17.1 Å². The molecule has 3 N–H and O–H groups in total. The minimum atomic E-state index is -0.285. The van der Waals surface area contributed by atoms with Gasteiger partial charge in [0.1, 0.15) is 11.4 Å². The maximum absolute atomic E-state index is 12.5. The Balaban J connectivity index is 1.50. The smallest absolute Gasteiger partial charge is 0.342 e. The summed E-state index contributed by atoms with van der Waals surface area (Å²) in [6.07, 6.45) is 3.70. The van der Waals surface area contributed by atoms with Crippen LogP contribution in [0.15, 0.2) is 95.7 Å². The number of H-pyrrole nitrogens is 1. The summed E-state index contributed by atoms with van der Waals surface area (Å²) in [7, 11) is 0. The topological polar surface area (TPSA) is 94.2 Å². The summed E-state index contributed by atoms with van der Waals surface area (Å²) in [4.78, 5) is 12.5. The molecule has 1 aromatic heterocycles. The lowest BCUT2D eigenvalue weighted by molar-refractivity contribution is -0.625. The van der Waals surface area contributed by atoms with Crippen molar-refractivity contribution in [3.63, 3.8) is 0 Å². The number of phenolic OH excluding ortho intramolecular Hbond substituents is 1. The quantitative estimate of drug-likeness (QED) is 0.0904. The lowest BCUT2D eigenvalue weighted by atomic mass is 9.87. The molecule has 0 saturated heterocycles. The molecule has 0 atom stereocenters. The Morgan fingerprint density at radius 1 is 1.11 bits per heavy atom. The monoisotopic (exact) mass is 526 g/mol. The van der Waals surface area contributed by atoms with Crippen LogP contribution in [0.5, 0.6) is 5.75 Å². The van der Waals surface area contributed by atoms with Crippen molar-refractivity contribution in [3.8, 4) is 22.8 Å². The van der Waals surface area contributed by atoms with Gasteiger partial charge in [0.25, 0.3) is 11.7 Å². The van der Waals surface area contributed by atoms with Gasteiger partial charge in [0, 0.05) is 5.56 Å². The number of carbonyl (C=O) groups excluding carboxylic acids is 1. The number of aromatic hydroxyl groups is 1. The second-order valence-electron chi connectivity index (χ2n) is 9.78. The van der Waals surface area contributed by atoms with Crippen molar-refractivity contribution in [2.75, 3.05) is 5.75 Å². The van der Waals surface area contributed by atoms with E-state index in [1.54, 1.807) is 12.1 Å². The molecule has 0 bridgehead atoms. The van der Waals surface area contributed by atoms with Crippen molar-refractivity contribution in [2.24, 2.45) is 5.10 Å². The van der Waals surface area contributed by atoms with Gasteiger partial charge in [0.15, 0.2) is 0 Å². The number of aromatic amines is 1. The normalized spacial score (nSPS) is 11.6. The number of thioether (sulfide) groups is 1. The zero-order valence-corrected chi connectivity index (χ0v) is 22.6. The molecule has 0 unspecified atom stereocenters. The third-order valence-corrected chi connectivity index (χ3v) is 6.89. The van der Waals surface area contributed by atoms with Crippen molar-refractivity contribution < 1.29 is 14.5 Å². The Bertz CT molecular complexity index is 1440. The number of amides is 1. The summed E-state index contributed by atoms with van der Waals surface area (Å²) < 4.78 is 2.01. The van der Waals surface area contributed by atoms with Crippen LogP contribution >= 0.6 is 11.8 Å². The van der Waals surface area contributed by atoms with Gasteiger partial charge < -0.3 is 5.11 Å². The molecule has 4 aromatic rings. The number of hydrazone groups is 1. The van der Waals surface area contributed by atoms with E-state index >= 15 is 0 Å². The van der Waals surface area contributed by atoms with E-state index in [0.29, 0.717) is 17.1 Å². The molecular formula is C30H32N5O2S+. The average Bonchev–Trinajstić information content (AvgIpc) is 3.34. The van der Waals surface area contributed by atoms with E-state index in [-0.39, 0.29) is 22.8 Å². The van der Waals surface area contributed by atoms with Gasteiger partial charge in [-0.1, -0.05) is 69.3 Å². The molecule has 4 rings (SSSR count). The Morgan fingerprint density at radius 3 is 2.53 bits per heavy atom. The molecular weight excluding hydrogens is 494 g/mol. The predicted octanol–water partition coefficient (Wildman–Crippen LogP) is 5.33. The molecule has 1 amide bonds. The summed E-state index contributed by atoms with van der Waals surface area (Å²) in [6.45, 7) is 10.3. The molecule has 0 aliphatic rings. The molecule has 0 aliphatic carbocycles. The number of benzene rings is 3. The molecule has 7 nitrogen and oxygen atoms in total. The van der Waals surface area contributed by atoms with E-state index in [2.05, 4.69) is 72.3 Å². The van der Waals surface area contributed by atoms with Gasteiger partial charge in [-0.15, -0.1) is 11.7 Å². The van der Waals surface area contributed by atoms with Crippen LogP contribution < -0.4 is 9.99 Å². The Kier molecular flexibility index (Phi) is 8.43. The summed E-state index contributed by atoms with van der Waals surface area (Å²) >= 11 is 1.31. The van der Waals surface area contributed by atoms with E-state index in [1.165, 1.54) is 23.5 Å². The van der Waals surface area contributed by atoms with E-state index < -0.39 is 0 Å². The molecule has 0 spiro atoms. The molecule has 0 saturated carbocycles. The van der Waals surface area contributed by atoms with Crippen molar-refractivity contribution in [2.45, 2.75) is 37.8 Å². The average molecular weight is 527 g/mol. The van der Waals surface area contributed by atoms with Crippen LogP contribution in [0.1, 0.15) is 37.5 Å². The van der Waals surface area contributed by atoms with E-state index in [0.717, 1.165) is 22.6 Å². The second-order valence-corrected chi connectivity index (χ2v) is 10.7. The zero-order valence-electron chi connectivity index (χ0n) is 21.8. The van der Waals surface area contributed by atoms with Gasteiger partial charge in [-0.3, -0.25) is 4.79 Å². The highest BCUT2D eigenvalue weighted by molar-refractivity contribution is 7.99. The lowest BCUT2D eigenvalue weighted by Crippen LogP contribution is -2.34. The van der Waals surface area contributed by atoms with Crippen molar-refractivity contribution in [1.82, 2.24) is 15.6 Å². The van der Waals surface area contributed by atoms with Gasteiger partial charge in [0.05, 0.1) is 22.6 Å². The van der Waals surface area contributed by atoms with Crippen molar-refractivity contribution >= 4 is 23.9 Å². The molecule has 0 radical (unpaired) electrons. The van der Waals surface area contributed by atoms with Crippen molar-refractivity contribution in [1.29, 1.82) is 0 Å². The fraction of sp³-hybridized carbons (Fsp3) is 0.200. The van der Waals surface area contributed by atoms with Crippen LogP contribution in [-0.4, -0.2) is 33.2 Å². The number of aromatic nitrogens is 3. The van der Waals surface area contributed by atoms with Gasteiger partial charge in [-0.2, -0.15) is 9.67 Å². The van der Waals surface area contributed by atoms with Gasteiger partial charge in [-0.25, -0.2) is 5.43 Å². The maximum atomic E-state index is 12.5. The number of allylic oxidation sites excluding steroid dienone is 1. The summed E-state index contributed by atoms with van der Waals surface area (Å²) in [5, 5.41) is 22.7. The number of hydrogen-bond acceptors (Lipinski definition) is 5. The minimum absolute atomic E-state index is 0.0614. The number of hydrogen-bond donors (Lipinski definition) is 3. The third-order valence-electron chi connectivity index (χ3n) is 5.95. The first-order chi connectivity index (χ1) is 18.3. The fourth-order valence-electron chi connectivity index (χ4n) is 3.90. The van der Waals surface area contributed by atoms with Crippen molar-refractivity contribution in [3.05, 3.63) is 102 Å². The zero-order chi connectivity index (χ0) is 27.1. The maximum Gasteiger partial charge on any atom is 0.342 e. The predicted molar refractivity (Wildman–Crippen MR) is 153 cm³/mol. The number of rotatable bonds is 9. The molecule has 0 fully saturated rings. The largest absolute Gasteiger partial charge is 0.507 e. The number of nitrogens with one attached hydrogen (secondary N) is 2. The van der Waals surface area contributed by atoms with Gasteiger partial charge >= 0.3 is 5.16 Å². The fourth-order valence-corrected chi connectivity index (χ4v) is 4.66. The minimum Gasteiger partial charge on any atom is -0.507 e. The first-order valence-corrected chi connectivity index (χ1v) is 13.3. The highest BCUT2D eigenvalue weighted by Gasteiger charge is 2.25. The molecule has 38 heavy (non-hydrogen) atoms. The Hall–Kier alpha value is -4.17. The Morgan fingerprint density at radius 2 is 1.84 bits per heavy atom.